The zero-order chi connectivity index (χ0) is 20.1. The molecule has 2 atom stereocenters. The highest BCUT2D eigenvalue weighted by Crippen LogP contribution is 2.47. The summed E-state index contributed by atoms with van der Waals surface area (Å²) in [6.45, 7) is 0.763. The molecule has 2 aliphatic heterocycles. The summed E-state index contributed by atoms with van der Waals surface area (Å²) in [4.78, 5) is 29.1. The van der Waals surface area contributed by atoms with Gasteiger partial charge in [0, 0.05) is 18.7 Å². The summed E-state index contributed by atoms with van der Waals surface area (Å²) in [5.74, 6) is -0.434. The SMILES string of the molecule is N#CC1(C(=O)N2CC3CCC(C2)N3C(=O)c2cccc(CC(F)(F)F)c2)CC1. The van der Waals surface area contributed by atoms with Gasteiger partial charge in [0.15, 0.2) is 0 Å². The van der Waals surface area contributed by atoms with Crippen LogP contribution < -0.4 is 0 Å². The molecule has 2 heterocycles. The number of carbonyl (C=O) groups is 2. The van der Waals surface area contributed by atoms with Crippen LogP contribution in [0.1, 0.15) is 41.6 Å². The van der Waals surface area contributed by atoms with Gasteiger partial charge in [-0.1, -0.05) is 12.1 Å². The first-order valence-corrected chi connectivity index (χ1v) is 9.41. The number of alkyl halides is 3. The molecule has 2 bridgehead atoms. The molecule has 1 aromatic carbocycles. The van der Waals surface area contributed by atoms with Crippen LogP contribution in [0.3, 0.4) is 0 Å². The van der Waals surface area contributed by atoms with Crippen molar-refractivity contribution < 1.29 is 22.8 Å². The van der Waals surface area contributed by atoms with Gasteiger partial charge in [-0.05, 0) is 43.4 Å². The number of halogens is 3. The van der Waals surface area contributed by atoms with Crippen LogP contribution in [0.2, 0.25) is 0 Å². The van der Waals surface area contributed by atoms with E-state index in [1.54, 1.807) is 9.80 Å². The monoisotopic (exact) mass is 391 g/mol. The molecule has 1 aliphatic carbocycles. The normalized spacial score (nSPS) is 25.4. The van der Waals surface area contributed by atoms with Gasteiger partial charge in [0.1, 0.15) is 5.41 Å². The third-order valence-electron chi connectivity index (χ3n) is 5.96. The lowest BCUT2D eigenvalue weighted by molar-refractivity contribution is -0.137. The van der Waals surface area contributed by atoms with Crippen LogP contribution in [0.15, 0.2) is 24.3 Å². The van der Waals surface area contributed by atoms with E-state index in [4.69, 9.17) is 0 Å². The van der Waals surface area contributed by atoms with Crippen molar-refractivity contribution in [3.63, 3.8) is 0 Å². The highest BCUT2D eigenvalue weighted by molar-refractivity contribution is 5.95. The average Bonchev–Trinajstić information content (AvgIpc) is 3.40. The Morgan fingerprint density at radius 1 is 1.18 bits per heavy atom. The standard InChI is InChI=1S/C20H20F3N3O2/c21-20(22,23)9-13-2-1-3-14(8-13)17(27)26-15-4-5-16(26)11-25(10-15)18(28)19(12-24)6-7-19/h1-3,8,15-16H,4-7,9-11H2. The zero-order valence-electron chi connectivity index (χ0n) is 15.2. The molecular formula is C20H20F3N3O2. The van der Waals surface area contributed by atoms with Gasteiger partial charge in [0.2, 0.25) is 5.91 Å². The minimum atomic E-state index is -4.33. The molecule has 0 spiro atoms. The summed E-state index contributed by atoms with van der Waals surface area (Å²) in [7, 11) is 0. The summed E-state index contributed by atoms with van der Waals surface area (Å²) in [6, 6.07) is 7.49. The molecular weight excluding hydrogens is 371 g/mol. The molecule has 1 saturated carbocycles. The van der Waals surface area contributed by atoms with Gasteiger partial charge in [0.05, 0.1) is 24.6 Å². The van der Waals surface area contributed by atoms with Gasteiger partial charge in [-0.2, -0.15) is 18.4 Å². The Morgan fingerprint density at radius 3 is 2.36 bits per heavy atom. The van der Waals surface area contributed by atoms with Crippen LogP contribution in [-0.2, 0) is 11.2 Å². The van der Waals surface area contributed by atoms with Crippen molar-refractivity contribution >= 4 is 11.8 Å². The first-order valence-electron chi connectivity index (χ1n) is 9.41. The molecule has 8 heteroatoms. The van der Waals surface area contributed by atoms with Crippen molar-refractivity contribution in [3.8, 4) is 6.07 Å². The van der Waals surface area contributed by atoms with E-state index >= 15 is 0 Å². The number of hydrogen-bond acceptors (Lipinski definition) is 3. The average molecular weight is 391 g/mol. The number of fused-ring (bicyclic) bond motifs is 2. The smallest absolute Gasteiger partial charge is 0.337 e. The van der Waals surface area contributed by atoms with Crippen LogP contribution >= 0.6 is 0 Å². The van der Waals surface area contributed by atoms with Gasteiger partial charge in [0.25, 0.3) is 5.91 Å². The lowest BCUT2D eigenvalue weighted by Gasteiger charge is -2.41. The Morgan fingerprint density at radius 2 is 1.82 bits per heavy atom. The van der Waals surface area contributed by atoms with Crippen molar-refractivity contribution in [2.24, 2.45) is 5.41 Å². The number of carbonyl (C=O) groups excluding carboxylic acids is 2. The molecule has 2 unspecified atom stereocenters. The maximum absolute atomic E-state index is 13.0. The molecule has 0 radical (unpaired) electrons. The second-order valence-electron chi connectivity index (χ2n) is 7.99. The minimum absolute atomic E-state index is 0.0595. The van der Waals surface area contributed by atoms with Crippen molar-refractivity contribution in [1.29, 1.82) is 5.26 Å². The number of rotatable bonds is 3. The second-order valence-corrected chi connectivity index (χ2v) is 7.99. The van der Waals surface area contributed by atoms with Crippen molar-refractivity contribution in [1.82, 2.24) is 9.80 Å². The number of benzene rings is 1. The lowest BCUT2D eigenvalue weighted by Crippen LogP contribution is -2.58. The van der Waals surface area contributed by atoms with E-state index < -0.39 is 18.0 Å². The molecule has 28 heavy (non-hydrogen) atoms. The highest BCUT2D eigenvalue weighted by atomic mass is 19.4. The molecule has 4 rings (SSSR count). The molecule has 0 aromatic heterocycles. The van der Waals surface area contributed by atoms with Crippen molar-refractivity contribution in [2.75, 3.05) is 13.1 Å². The summed E-state index contributed by atoms with van der Waals surface area (Å²) >= 11 is 0. The third kappa shape index (κ3) is 3.34. The highest BCUT2D eigenvalue weighted by Gasteiger charge is 2.55. The van der Waals surface area contributed by atoms with Crippen LogP contribution in [0.5, 0.6) is 0 Å². The zero-order valence-corrected chi connectivity index (χ0v) is 15.2. The largest absolute Gasteiger partial charge is 0.393 e. The van der Waals surface area contributed by atoms with Gasteiger partial charge in [-0.15, -0.1) is 0 Å². The minimum Gasteiger partial charge on any atom is -0.337 e. The lowest BCUT2D eigenvalue weighted by atomic mass is 10.0. The summed E-state index contributed by atoms with van der Waals surface area (Å²) in [6.07, 6.45) is -2.72. The third-order valence-corrected chi connectivity index (χ3v) is 5.96. The number of piperazine rings is 1. The second kappa shape index (κ2) is 6.50. The van der Waals surface area contributed by atoms with E-state index in [0.29, 0.717) is 25.9 Å². The van der Waals surface area contributed by atoms with E-state index in [9.17, 15) is 28.0 Å². The quantitative estimate of drug-likeness (QED) is 0.796. The van der Waals surface area contributed by atoms with Gasteiger partial charge in [-0.25, -0.2) is 0 Å². The van der Waals surface area contributed by atoms with Crippen LogP contribution in [-0.4, -0.2) is 53.0 Å². The van der Waals surface area contributed by atoms with Crippen molar-refractivity contribution in [2.45, 2.75) is 50.4 Å². The molecule has 148 valence electrons. The van der Waals surface area contributed by atoms with Crippen LogP contribution in [0.4, 0.5) is 13.2 Å². The summed E-state index contributed by atoms with van der Waals surface area (Å²) in [5, 5.41) is 9.26. The Kier molecular flexibility index (Phi) is 4.36. The number of hydrogen-bond donors (Lipinski definition) is 0. The molecule has 0 N–H and O–H groups in total. The molecule has 3 fully saturated rings. The first kappa shape index (κ1) is 18.8. The molecule has 1 aromatic rings. The number of amides is 2. The van der Waals surface area contributed by atoms with Crippen LogP contribution in [0, 0.1) is 16.7 Å². The molecule has 2 saturated heterocycles. The summed E-state index contributed by atoms with van der Waals surface area (Å²) in [5.41, 5.74) is -0.573. The topological polar surface area (TPSA) is 64.4 Å². The van der Waals surface area contributed by atoms with E-state index in [1.807, 2.05) is 0 Å². The first-order chi connectivity index (χ1) is 13.2. The van der Waals surface area contributed by atoms with E-state index in [-0.39, 0.29) is 35.0 Å². The van der Waals surface area contributed by atoms with E-state index in [2.05, 4.69) is 6.07 Å². The molecule has 2 amide bonds. The Labute approximate surface area is 160 Å². The fraction of sp³-hybridized carbons (Fsp3) is 0.550. The fourth-order valence-corrected chi connectivity index (χ4v) is 4.40. The predicted octanol–water partition coefficient (Wildman–Crippen LogP) is 2.91. The fourth-order valence-electron chi connectivity index (χ4n) is 4.40. The molecule has 5 nitrogen and oxygen atoms in total. The number of nitriles is 1. The number of nitrogens with zero attached hydrogens (tertiary/aromatic N) is 3. The van der Waals surface area contributed by atoms with E-state index in [0.717, 1.165) is 12.8 Å². The Hall–Kier alpha value is -2.56. The predicted molar refractivity (Wildman–Crippen MR) is 93.0 cm³/mol. The Balaban J connectivity index is 1.49. The van der Waals surface area contributed by atoms with Gasteiger partial charge in [-0.3, -0.25) is 9.59 Å². The van der Waals surface area contributed by atoms with Crippen LogP contribution in [0.25, 0.3) is 0 Å². The van der Waals surface area contributed by atoms with E-state index in [1.165, 1.54) is 24.3 Å². The van der Waals surface area contributed by atoms with Gasteiger partial charge < -0.3 is 9.80 Å². The maximum Gasteiger partial charge on any atom is 0.393 e. The Bertz CT molecular complexity index is 843. The van der Waals surface area contributed by atoms with Gasteiger partial charge >= 0.3 is 6.18 Å². The number of likely N-dealkylation sites (tertiary alicyclic amines) is 1. The summed E-state index contributed by atoms with van der Waals surface area (Å²) < 4.78 is 38.0. The van der Waals surface area contributed by atoms with Crippen molar-refractivity contribution in [3.05, 3.63) is 35.4 Å². The maximum atomic E-state index is 13.0. The molecule has 3 aliphatic rings.